The molecule has 3 heteroatoms. The Morgan fingerprint density at radius 3 is 2.33 bits per heavy atom. The Balaban J connectivity index is 0.000000478. The van der Waals surface area contributed by atoms with Crippen LogP contribution in [0, 0.1) is 11.8 Å². The van der Waals surface area contributed by atoms with Gasteiger partial charge in [-0.05, 0) is 43.8 Å². The summed E-state index contributed by atoms with van der Waals surface area (Å²) in [6, 6.07) is 0. The highest BCUT2D eigenvalue weighted by molar-refractivity contribution is 5.78. The van der Waals surface area contributed by atoms with E-state index in [4.69, 9.17) is 9.47 Å². The molecule has 4 rings (SSSR count). The van der Waals surface area contributed by atoms with Crippen molar-refractivity contribution in [2.24, 2.45) is 11.8 Å². The molecular weight excluding hydrogens is 228 g/mol. The largest absolute Gasteiger partial charge is 0.462 e. The molecule has 0 aromatic rings. The van der Waals surface area contributed by atoms with E-state index in [1.54, 1.807) is 0 Å². The van der Waals surface area contributed by atoms with Crippen molar-refractivity contribution in [1.82, 2.24) is 0 Å². The topological polar surface area (TPSA) is 35.5 Å². The lowest BCUT2D eigenvalue weighted by molar-refractivity contribution is -0.146. The molecule has 0 N–H and O–H groups in total. The zero-order valence-electron chi connectivity index (χ0n) is 11.4. The van der Waals surface area contributed by atoms with Gasteiger partial charge in [-0.25, -0.2) is 0 Å². The molecule has 3 nitrogen and oxygen atoms in total. The Morgan fingerprint density at radius 2 is 1.67 bits per heavy atom. The molecule has 1 aliphatic carbocycles. The molecule has 0 saturated carbocycles. The molecule has 0 radical (unpaired) electrons. The molecule has 3 heterocycles. The minimum atomic E-state index is -0.0258. The number of rotatable bonds is 0. The van der Waals surface area contributed by atoms with Gasteiger partial charge in [0.05, 0.1) is 18.1 Å². The highest BCUT2D eigenvalue weighted by Crippen LogP contribution is 2.55. The molecule has 5 atom stereocenters. The smallest absolute Gasteiger partial charge is 0.312 e. The lowest BCUT2D eigenvalue weighted by atomic mass is 9.71. The number of fused-ring (bicyclic) bond motifs is 7. The summed E-state index contributed by atoms with van der Waals surface area (Å²) in [4.78, 5) is 11.8. The third-order valence-electron chi connectivity index (χ3n) is 4.74. The summed E-state index contributed by atoms with van der Waals surface area (Å²) in [5, 5.41) is 0. The average molecular weight is 250 g/mol. The summed E-state index contributed by atoms with van der Waals surface area (Å²) >= 11 is 0. The zero-order chi connectivity index (χ0) is 12.9. The molecule has 100 valence electrons. The van der Waals surface area contributed by atoms with E-state index >= 15 is 0 Å². The molecule has 2 saturated heterocycles. The van der Waals surface area contributed by atoms with Crippen LogP contribution in [-0.2, 0) is 14.3 Å². The van der Waals surface area contributed by atoms with Crippen molar-refractivity contribution in [1.29, 1.82) is 0 Å². The molecule has 18 heavy (non-hydrogen) atoms. The summed E-state index contributed by atoms with van der Waals surface area (Å²) in [6.45, 7) is 6.01. The van der Waals surface area contributed by atoms with Gasteiger partial charge in [-0.2, -0.15) is 0 Å². The summed E-state index contributed by atoms with van der Waals surface area (Å²) in [7, 11) is 0. The second-order valence-electron chi connectivity index (χ2n) is 5.48. The average Bonchev–Trinajstić information content (AvgIpc) is 3.04. The molecule has 0 aromatic heterocycles. The minimum absolute atomic E-state index is 0.0110. The maximum Gasteiger partial charge on any atom is 0.312 e. The number of esters is 1. The number of carbonyl (C=O) groups excluding carboxylic acids is 1. The third kappa shape index (κ3) is 1.43. The van der Waals surface area contributed by atoms with Crippen molar-refractivity contribution in [3.8, 4) is 0 Å². The van der Waals surface area contributed by atoms with Gasteiger partial charge in [0.1, 0.15) is 6.10 Å². The van der Waals surface area contributed by atoms with Gasteiger partial charge >= 0.3 is 5.97 Å². The van der Waals surface area contributed by atoms with Crippen LogP contribution < -0.4 is 0 Å². The van der Waals surface area contributed by atoms with Crippen molar-refractivity contribution in [2.75, 3.05) is 0 Å². The molecule has 2 fully saturated rings. The molecule has 4 aliphatic rings. The number of carbonyl (C=O) groups is 1. The maximum absolute atomic E-state index is 11.8. The Labute approximate surface area is 109 Å². The summed E-state index contributed by atoms with van der Waals surface area (Å²) in [5.41, 5.74) is 2.96. The van der Waals surface area contributed by atoms with Crippen LogP contribution in [0.5, 0.6) is 0 Å². The van der Waals surface area contributed by atoms with Crippen LogP contribution in [0.2, 0.25) is 0 Å². The summed E-state index contributed by atoms with van der Waals surface area (Å²) in [6.07, 6.45) is 5.18. The summed E-state index contributed by atoms with van der Waals surface area (Å²) in [5.74, 6) is 0.285. The number of ether oxygens (including phenoxy) is 2. The van der Waals surface area contributed by atoms with Gasteiger partial charge in [0.2, 0.25) is 0 Å². The number of hydrogen-bond acceptors (Lipinski definition) is 3. The minimum Gasteiger partial charge on any atom is -0.462 e. The Hall–Kier alpha value is -0.830. The van der Waals surface area contributed by atoms with E-state index in [1.165, 1.54) is 30.4 Å². The highest BCUT2D eigenvalue weighted by atomic mass is 16.6. The van der Waals surface area contributed by atoms with Crippen molar-refractivity contribution < 1.29 is 14.3 Å². The fraction of sp³-hybridized carbons (Fsp3) is 0.800. The molecule has 0 aromatic carbocycles. The standard InChI is InChI=1S/C13H16O3.C2H6/c1-6-9-10(13(14)15-6)12-8-5-3-2-4-7(8)11(9)16-12;1-2/h6,9-12H,2-5H2,1H3;1-2H3. The van der Waals surface area contributed by atoms with Crippen molar-refractivity contribution in [3.05, 3.63) is 11.1 Å². The Bertz CT molecular complexity index is 399. The van der Waals surface area contributed by atoms with E-state index in [9.17, 15) is 4.79 Å². The highest BCUT2D eigenvalue weighted by Gasteiger charge is 2.62. The first kappa shape index (κ1) is 12.2. The van der Waals surface area contributed by atoms with Gasteiger partial charge in [-0.15, -0.1) is 0 Å². The SMILES string of the molecule is CC.CC1OC(=O)C2C3OC(C4=C3CCCC4)C12. The van der Waals surface area contributed by atoms with Crippen LogP contribution in [0.4, 0.5) is 0 Å². The Kier molecular flexibility index (Phi) is 2.97. The van der Waals surface area contributed by atoms with E-state index in [0.717, 1.165) is 6.42 Å². The Morgan fingerprint density at radius 1 is 1.06 bits per heavy atom. The lowest BCUT2D eigenvalue weighted by Crippen LogP contribution is -2.33. The van der Waals surface area contributed by atoms with E-state index in [2.05, 4.69) is 0 Å². The lowest BCUT2D eigenvalue weighted by Gasteiger charge is -2.28. The first-order valence-corrected chi connectivity index (χ1v) is 7.35. The molecule has 0 amide bonds. The van der Waals surface area contributed by atoms with Crippen LogP contribution in [0.1, 0.15) is 46.5 Å². The second-order valence-corrected chi connectivity index (χ2v) is 5.48. The first-order chi connectivity index (χ1) is 8.77. The van der Waals surface area contributed by atoms with E-state index < -0.39 is 0 Å². The maximum atomic E-state index is 11.8. The van der Waals surface area contributed by atoms with Gasteiger partial charge in [0.25, 0.3) is 0 Å². The van der Waals surface area contributed by atoms with E-state index in [1.807, 2.05) is 20.8 Å². The quantitative estimate of drug-likeness (QED) is 0.490. The van der Waals surface area contributed by atoms with Crippen molar-refractivity contribution in [2.45, 2.75) is 64.8 Å². The number of cyclic esters (lactones) is 1. The normalized spacial score (nSPS) is 44.2. The van der Waals surface area contributed by atoms with Crippen LogP contribution in [0.15, 0.2) is 11.1 Å². The monoisotopic (exact) mass is 250 g/mol. The predicted octanol–water partition coefficient (Wildman–Crippen LogP) is 2.84. The first-order valence-electron chi connectivity index (χ1n) is 7.35. The number of hydrogen-bond donors (Lipinski definition) is 0. The third-order valence-corrected chi connectivity index (χ3v) is 4.74. The van der Waals surface area contributed by atoms with Gasteiger partial charge in [-0.3, -0.25) is 4.79 Å². The van der Waals surface area contributed by atoms with Gasteiger partial charge in [0, 0.05) is 5.92 Å². The van der Waals surface area contributed by atoms with Gasteiger partial charge < -0.3 is 9.47 Å². The van der Waals surface area contributed by atoms with Crippen LogP contribution in [0.25, 0.3) is 0 Å². The van der Waals surface area contributed by atoms with Gasteiger partial charge in [0.15, 0.2) is 0 Å². The second kappa shape index (κ2) is 4.37. The van der Waals surface area contributed by atoms with Crippen LogP contribution in [-0.4, -0.2) is 24.3 Å². The van der Waals surface area contributed by atoms with E-state index in [0.29, 0.717) is 5.92 Å². The van der Waals surface area contributed by atoms with Crippen LogP contribution in [0.3, 0.4) is 0 Å². The predicted molar refractivity (Wildman–Crippen MR) is 68.0 cm³/mol. The van der Waals surface area contributed by atoms with Crippen molar-refractivity contribution in [3.63, 3.8) is 0 Å². The summed E-state index contributed by atoms with van der Waals surface area (Å²) < 4.78 is 11.4. The fourth-order valence-corrected chi connectivity index (χ4v) is 4.10. The van der Waals surface area contributed by atoms with Gasteiger partial charge in [-0.1, -0.05) is 13.8 Å². The fourth-order valence-electron chi connectivity index (χ4n) is 4.10. The van der Waals surface area contributed by atoms with Crippen LogP contribution >= 0.6 is 0 Å². The molecular formula is C15H22O3. The zero-order valence-corrected chi connectivity index (χ0v) is 11.4. The molecule has 3 aliphatic heterocycles. The van der Waals surface area contributed by atoms with E-state index in [-0.39, 0.29) is 30.2 Å². The molecule has 5 unspecified atom stereocenters. The molecule has 0 spiro atoms. The molecule has 2 bridgehead atoms. The van der Waals surface area contributed by atoms with Crippen molar-refractivity contribution >= 4 is 5.97 Å².